The number of hydrogen-bond acceptors (Lipinski definition) is 2. The Hall–Kier alpha value is -1.54. The average molecular weight is 276 g/mol. The van der Waals surface area contributed by atoms with Gasteiger partial charge in [0.25, 0.3) is 0 Å². The summed E-state index contributed by atoms with van der Waals surface area (Å²) in [5.74, 6) is 0.900. The fraction of sp³-hybridized carbons (Fsp3) is 0.312. The number of hydrogen-bond donors (Lipinski definition) is 0. The van der Waals surface area contributed by atoms with Crippen molar-refractivity contribution in [1.82, 2.24) is 4.98 Å². The molecule has 1 aromatic heterocycles. The maximum atomic E-state index is 5.93. The highest BCUT2D eigenvalue weighted by atomic mass is 35.5. The van der Waals surface area contributed by atoms with Crippen LogP contribution >= 0.6 is 11.6 Å². The van der Waals surface area contributed by atoms with Crippen molar-refractivity contribution in [2.24, 2.45) is 0 Å². The van der Waals surface area contributed by atoms with E-state index in [2.05, 4.69) is 31.8 Å². The Bertz CT molecular complexity index is 561. The second-order valence-corrected chi connectivity index (χ2v) is 5.94. The van der Waals surface area contributed by atoms with Crippen molar-refractivity contribution >= 4 is 11.6 Å². The number of ether oxygens (including phenoxy) is 1. The molecule has 0 aliphatic carbocycles. The van der Waals surface area contributed by atoms with Crippen molar-refractivity contribution in [3.8, 4) is 5.75 Å². The standard InChI is InChI=1S/C16H18ClNO/c1-16(2,3)14-6-4-5-7-15(14)19-11-13-10-12(17)8-9-18-13/h4-10H,11H2,1-3H3. The van der Waals surface area contributed by atoms with Gasteiger partial charge in [-0.3, -0.25) is 4.98 Å². The molecular weight excluding hydrogens is 258 g/mol. The molecule has 0 spiro atoms. The third-order valence-electron chi connectivity index (χ3n) is 2.85. The molecule has 0 saturated carbocycles. The van der Waals surface area contributed by atoms with Crippen LogP contribution in [0, 0.1) is 0 Å². The molecule has 19 heavy (non-hydrogen) atoms. The summed E-state index contributed by atoms with van der Waals surface area (Å²) in [4.78, 5) is 4.24. The molecule has 100 valence electrons. The topological polar surface area (TPSA) is 22.1 Å². The molecule has 2 nitrogen and oxygen atoms in total. The zero-order valence-electron chi connectivity index (χ0n) is 11.5. The van der Waals surface area contributed by atoms with Crippen LogP contribution in [0.4, 0.5) is 0 Å². The summed E-state index contributed by atoms with van der Waals surface area (Å²) in [7, 11) is 0. The number of nitrogens with zero attached hydrogens (tertiary/aromatic N) is 1. The van der Waals surface area contributed by atoms with Gasteiger partial charge in [-0.2, -0.15) is 0 Å². The van der Waals surface area contributed by atoms with Crippen LogP contribution in [-0.2, 0) is 12.0 Å². The molecule has 2 rings (SSSR count). The second-order valence-electron chi connectivity index (χ2n) is 5.50. The van der Waals surface area contributed by atoms with Crippen molar-refractivity contribution in [2.75, 3.05) is 0 Å². The molecule has 0 radical (unpaired) electrons. The van der Waals surface area contributed by atoms with Crippen LogP contribution in [0.5, 0.6) is 5.75 Å². The van der Waals surface area contributed by atoms with Gasteiger partial charge in [0, 0.05) is 11.2 Å². The zero-order chi connectivity index (χ0) is 13.9. The SMILES string of the molecule is CC(C)(C)c1ccccc1OCc1cc(Cl)ccn1. The minimum atomic E-state index is 0.0539. The van der Waals surface area contributed by atoms with Crippen molar-refractivity contribution in [2.45, 2.75) is 32.8 Å². The number of aromatic nitrogens is 1. The van der Waals surface area contributed by atoms with Gasteiger partial charge < -0.3 is 4.74 Å². The summed E-state index contributed by atoms with van der Waals surface area (Å²) in [5.41, 5.74) is 2.08. The normalized spacial score (nSPS) is 11.4. The molecule has 1 aromatic carbocycles. The Kier molecular flexibility index (Phi) is 4.11. The molecular formula is C16H18ClNO. The summed E-state index contributed by atoms with van der Waals surface area (Å²) in [6.07, 6.45) is 1.69. The van der Waals surface area contributed by atoms with E-state index in [9.17, 15) is 0 Å². The van der Waals surface area contributed by atoms with Crippen LogP contribution in [-0.4, -0.2) is 4.98 Å². The predicted molar refractivity (Wildman–Crippen MR) is 78.7 cm³/mol. The van der Waals surface area contributed by atoms with Gasteiger partial charge in [-0.1, -0.05) is 50.6 Å². The van der Waals surface area contributed by atoms with Gasteiger partial charge in [-0.05, 0) is 29.2 Å². The Labute approximate surface area is 119 Å². The molecule has 3 heteroatoms. The highest BCUT2D eigenvalue weighted by Crippen LogP contribution is 2.31. The van der Waals surface area contributed by atoms with E-state index in [1.165, 1.54) is 5.56 Å². The van der Waals surface area contributed by atoms with E-state index < -0.39 is 0 Å². The Balaban J connectivity index is 2.16. The number of benzene rings is 1. The van der Waals surface area contributed by atoms with E-state index in [1.807, 2.05) is 24.3 Å². The molecule has 0 amide bonds. The fourth-order valence-electron chi connectivity index (χ4n) is 1.89. The maximum Gasteiger partial charge on any atom is 0.130 e. The molecule has 0 bridgehead atoms. The molecule has 0 aliphatic heterocycles. The van der Waals surface area contributed by atoms with Crippen LogP contribution < -0.4 is 4.74 Å². The average Bonchev–Trinajstić information content (AvgIpc) is 2.36. The highest BCUT2D eigenvalue weighted by Gasteiger charge is 2.18. The van der Waals surface area contributed by atoms with Gasteiger partial charge in [0.15, 0.2) is 0 Å². The van der Waals surface area contributed by atoms with Crippen molar-refractivity contribution < 1.29 is 4.74 Å². The van der Waals surface area contributed by atoms with E-state index in [-0.39, 0.29) is 5.41 Å². The van der Waals surface area contributed by atoms with Gasteiger partial charge >= 0.3 is 0 Å². The smallest absolute Gasteiger partial charge is 0.130 e. The molecule has 0 saturated heterocycles. The number of halogens is 1. The molecule has 2 aromatic rings. The van der Waals surface area contributed by atoms with E-state index in [1.54, 1.807) is 12.3 Å². The van der Waals surface area contributed by atoms with E-state index >= 15 is 0 Å². The lowest BCUT2D eigenvalue weighted by Crippen LogP contribution is -2.13. The van der Waals surface area contributed by atoms with Crippen LogP contribution in [0.25, 0.3) is 0 Å². The third kappa shape index (κ3) is 3.71. The predicted octanol–water partition coefficient (Wildman–Crippen LogP) is 4.61. The minimum Gasteiger partial charge on any atom is -0.487 e. The molecule has 0 N–H and O–H groups in total. The summed E-state index contributed by atoms with van der Waals surface area (Å²) >= 11 is 5.93. The largest absolute Gasteiger partial charge is 0.487 e. The van der Waals surface area contributed by atoms with Gasteiger partial charge in [0.05, 0.1) is 5.69 Å². The van der Waals surface area contributed by atoms with E-state index in [0.717, 1.165) is 11.4 Å². The monoisotopic (exact) mass is 275 g/mol. The fourth-order valence-corrected chi connectivity index (χ4v) is 2.07. The van der Waals surface area contributed by atoms with Crippen LogP contribution in [0.1, 0.15) is 32.0 Å². The highest BCUT2D eigenvalue weighted by molar-refractivity contribution is 6.30. The number of para-hydroxylation sites is 1. The second kappa shape index (κ2) is 5.62. The van der Waals surface area contributed by atoms with Gasteiger partial charge in [-0.25, -0.2) is 0 Å². The van der Waals surface area contributed by atoms with Gasteiger partial charge in [0.2, 0.25) is 0 Å². The third-order valence-corrected chi connectivity index (χ3v) is 3.08. The lowest BCUT2D eigenvalue weighted by molar-refractivity contribution is 0.293. The van der Waals surface area contributed by atoms with Crippen molar-refractivity contribution in [3.63, 3.8) is 0 Å². The lowest BCUT2D eigenvalue weighted by Gasteiger charge is -2.22. The quantitative estimate of drug-likeness (QED) is 0.816. The Morgan fingerprint density at radius 1 is 1.16 bits per heavy atom. The Morgan fingerprint density at radius 3 is 2.58 bits per heavy atom. The van der Waals surface area contributed by atoms with Crippen LogP contribution in [0.15, 0.2) is 42.6 Å². The first-order valence-electron chi connectivity index (χ1n) is 6.29. The first kappa shape index (κ1) is 13.9. The summed E-state index contributed by atoms with van der Waals surface area (Å²) in [5, 5.41) is 0.678. The first-order chi connectivity index (χ1) is 8.97. The van der Waals surface area contributed by atoms with E-state index in [4.69, 9.17) is 16.3 Å². The van der Waals surface area contributed by atoms with Crippen LogP contribution in [0.2, 0.25) is 5.02 Å². The summed E-state index contributed by atoms with van der Waals surface area (Å²) in [6, 6.07) is 11.7. The van der Waals surface area contributed by atoms with Gasteiger partial charge in [-0.15, -0.1) is 0 Å². The van der Waals surface area contributed by atoms with E-state index in [0.29, 0.717) is 11.6 Å². The van der Waals surface area contributed by atoms with Crippen molar-refractivity contribution in [1.29, 1.82) is 0 Å². The molecule has 0 atom stereocenters. The minimum absolute atomic E-state index is 0.0539. The number of pyridine rings is 1. The zero-order valence-corrected chi connectivity index (χ0v) is 12.2. The number of rotatable bonds is 3. The van der Waals surface area contributed by atoms with Crippen LogP contribution in [0.3, 0.4) is 0 Å². The molecule has 0 unspecified atom stereocenters. The van der Waals surface area contributed by atoms with Gasteiger partial charge in [0.1, 0.15) is 12.4 Å². The molecule has 0 aliphatic rings. The molecule has 0 fully saturated rings. The summed E-state index contributed by atoms with van der Waals surface area (Å²) < 4.78 is 5.88. The lowest BCUT2D eigenvalue weighted by atomic mass is 9.86. The first-order valence-corrected chi connectivity index (χ1v) is 6.67. The summed E-state index contributed by atoms with van der Waals surface area (Å²) in [6.45, 7) is 6.94. The molecule has 1 heterocycles. The Morgan fingerprint density at radius 2 is 1.89 bits per heavy atom. The van der Waals surface area contributed by atoms with Crippen molar-refractivity contribution in [3.05, 3.63) is 58.9 Å². The maximum absolute atomic E-state index is 5.93.